The highest BCUT2D eigenvalue weighted by Crippen LogP contribution is 2.31. The van der Waals surface area contributed by atoms with Gasteiger partial charge in [-0.1, -0.05) is 6.07 Å². The number of benzene rings is 1. The highest BCUT2D eigenvalue weighted by molar-refractivity contribution is 7.98. The molecule has 5 heteroatoms. The number of nitrogens with two attached hydrogens (primary N) is 1. The lowest BCUT2D eigenvalue weighted by atomic mass is 10.1. The predicted molar refractivity (Wildman–Crippen MR) is 76.9 cm³/mol. The van der Waals surface area contributed by atoms with E-state index in [0.29, 0.717) is 0 Å². The lowest BCUT2D eigenvalue weighted by molar-refractivity contribution is 0.121. The van der Waals surface area contributed by atoms with Crippen molar-refractivity contribution in [3.8, 4) is 0 Å². The molecule has 3 N–H and O–H groups in total. The Kier molecular flexibility index (Phi) is 4.14. The number of nitrogens with zero attached hydrogens (tertiary/aromatic N) is 1. The molecular formula is C13H19N3OS. The molecule has 1 aromatic carbocycles. The van der Waals surface area contributed by atoms with Gasteiger partial charge in [-0.15, -0.1) is 11.8 Å². The van der Waals surface area contributed by atoms with Crippen LogP contribution in [-0.4, -0.2) is 38.4 Å². The number of amidine groups is 1. The summed E-state index contributed by atoms with van der Waals surface area (Å²) in [5.74, 6) is 0.135. The minimum atomic E-state index is 0.135. The van der Waals surface area contributed by atoms with Crippen LogP contribution in [0.2, 0.25) is 0 Å². The Morgan fingerprint density at radius 1 is 1.56 bits per heavy atom. The average molecular weight is 265 g/mol. The van der Waals surface area contributed by atoms with Gasteiger partial charge in [-0.3, -0.25) is 5.41 Å². The Bertz CT molecular complexity index is 450. The van der Waals surface area contributed by atoms with E-state index in [1.54, 1.807) is 18.9 Å². The van der Waals surface area contributed by atoms with E-state index in [-0.39, 0.29) is 11.9 Å². The molecule has 0 amide bonds. The minimum Gasteiger partial charge on any atom is -0.384 e. The zero-order chi connectivity index (χ0) is 13.1. The van der Waals surface area contributed by atoms with Crippen molar-refractivity contribution in [1.29, 1.82) is 5.41 Å². The molecule has 0 saturated carbocycles. The van der Waals surface area contributed by atoms with Crippen LogP contribution in [0.15, 0.2) is 23.1 Å². The quantitative estimate of drug-likeness (QED) is 0.496. The molecule has 0 radical (unpaired) electrons. The lowest BCUT2D eigenvalue weighted by Gasteiger charge is -2.23. The van der Waals surface area contributed by atoms with Crippen molar-refractivity contribution in [3.05, 3.63) is 23.8 Å². The Balaban J connectivity index is 2.36. The molecule has 1 fully saturated rings. The van der Waals surface area contributed by atoms with E-state index in [2.05, 4.69) is 4.90 Å². The molecule has 1 aliphatic heterocycles. The van der Waals surface area contributed by atoms with E-state index >= 15 is 0 Å². The number of nitrogen functional groups attached to an aromatic ring is 1. The van der Waals surface area contributed by atoms with Gasteiger partial charge in [-0.05, 0) is 24.8 Å². The molecule has 1 unspecified atom stereocenters. The molecule has 0 bridgehead atoms. The fraction of sp³-hybridized carbons (Fsp3) is 0.462. The Morgan fingerprint density at radius 3 is 2.89 bits per heavy atom. The van der Waals surface area contributed by atoms with Gasteiger partial charge in [0.2, 0.25) is 0 Å². The maximum atomic E-state index is 7.79. The summed E-state index contributed by atoms with van der Waals surface area (Å²) in [6, 6.07) is 6.07. The largest absolute Gasteiger partial charge is 0.384 e. The van der Waals surface area contributed by atoms with Gasteiger partial charge in [-0.25, -0.2) is 0 Å². The topological polar surface area (TPSA) is 62.3 Å². The smallest absolute Gasteiger partial charge is 0.126 e. The molecule has 4 nitrogen and oxygen atoms in total. The Labute approximate surface area is 112 Å². The second-order valence-electron chi connectivity index (χ2n) is 4.36. The summed E-state index contributed by atoms with van der Waals surface area (Å²) in [6.45, 7) is 1.82. The number of methoxy groups -OCH3 is 1. The van der Waals surface area contributed by atoms with Crippen molar-refractivity contribution in [2.24, 2.45) is 5.73 Å². The first-order valence-electron chi connectivity index (χ1n) is 5.96. The van der Waals surface area contributed by atoms with Crippen LogP contribution in [0.3, 0.4) is 0 Å². The number of thioether (sulfide) groups is 1. The molecule has 0 aromatic heterocycles. The summed E-state index contributed by atoms with van der Waals surface area (Å²) in [5, 5.41) is 7.79. The number of anilines is 1. The van der Waals surface area contributed by atoms with E-state index < -0.39 is 0 Å². The molecule has 2 rings (SSSR count). The zero-order valence-electron chi connectivity index (χ0n) is 10.8. The molecule has 1 aliphatic rings. The van der Waals surface area contributed by atoms with Gasteiger partial charge >= 0.3 is 0 Å². The van der Waals surface area contributed by atoms with Gasteiger partial charge in [0.05, 0.1) is 11.7 Å². The summed E-state index contributed by atoms with van der Waals surface area (Å²) < 4.78 is 5.39. The average Bonchev–Trinajstić information content (AvgIpc) is 2.86. The predicted octanol–water partition coefficient (Wildman–Crippen LogP) is 1.92. The van der Waals surface area contributed by atoms with Crippen LogP contribution in [-0.2, 0) is 4.74 Å². The molecule has 98 valence electrons. The normalized spacial score (nSPS) is 19.2. The van der Waals surface area contributed by atoms with Gasteiger partial charge in [0.15, 0.2) is 0 Å². The number of hydrogen-bond donors (Lipinski definition) is 2. The maximum absolute atomic E-state index is 7.79. The first kappa shape index (κ1) is 13.2. The number of ether oxygens (including phenoxy) is 1. The van der Waals surface area contributed by atoms with Crippen LogP contribution in [0.25, 0.3) is 0 Å². The van der Waals surface area contributed by atoms with Crippen molar-refractivity contribution >= 4 is 23.3 Å². The molecule has 1 aromatic rings. The molecule has 1 heterocycles. The first-order chi connectivity index (χ1) is 8.67. The van der Waals surface area contributed by atoms with Crippen molar-refractivity contribution in [2.75, 3.05) is 31.4 Å². The third-order valence-corrected chi connectivity index (χ3v) is 4.09. The second-order valence-corrected chi connectivity index (χ2v) is 5.21. The number of nitrogens with one attached hydrogen (secondary N) is 1. The maximum Gasteiger partial charge on any atom is 0.126 e. The third kappa shape index (κ3) is 2.47. The Morgan fingerprint density at radius 2 is 2.33 bits per heavy atom. The molecular weight excluding hydrogens is 246 g/mol. The number of hydrogen-bond acceptors (Lipinski definition) is 4. The lowest BCUT2D eigenvalue weighted by Crippen LogP contribution is -2.26. The van der Waals surface area contributed by atoms with Crippen LogP contribution in [0, 0.1) is 5.41 Å². The van der Waals surface area contributed by atoms with Crippen LogP contribution in [0.5, 0.6) is 0 Å². The molecule has 1 atom stereocenters. The van der Waals surface area contributed by atoms with Crippen molar-refractivity contribution in [2.45, 2.75) is 17.4 Å². The van der Waals surface area contributed by atoms with E-state index in [1.807, 2.05) is 24.5 Å². The Hall–Kier alpha value is -1.20. The zero-order valence-corrected chi connectivity index (χ0v) is 11.6. The van der Waals surface area contributed by atoms with Crippen molar-refractivity contribution < 1.29 is 4.74 Å². The van der Waals surface area contributed by atoms with Gasteiger partial charge in [0.1, 0.15) is 5.84 Å². The van der Waals surface area contributed by atoms with E-state index in [0.717, 1.165) is 35.7 Å². The standard InChI is InChI=1S/C13H19N3OS/c1-17-9-6-7-16(8-9)10-4-3-5-11(18-2)12(10)13(14)15/h3-5,9H,6-8H2,1-2H3,(H3,14,15). The third-order valence-electron chi connectivity index (χ3n) is 3.31. The van der Waals surface area contributed by atoms with Crippen LogP contribution in [0.4, 0.5) is 5.69 Å². The first-order valence-corrected chi connectivity index (χ1v) is 7.19. The van der Waals surface area contributed by atoms with Crippen LogP contribution in [0.1, 0.15) is 12.0 Å². The minimum absolute atomic E-state index is 0.135. The molecule has 1 saturated heterocycles. The highest BCUT2D eigenvalue weighted by Gasteiger charge is 2.25. The molecule has 18 heavy (non-hydrogen) atoms. The van der Waals surface area contributed by atoms with E-state index in [4.69, 9.17) is 15.9 Å². The molecule has 0 spiro atoms. The second kappa shape index (κ2) is 5.63. The fourth-order valence-corrected chi connectivity index (χ4v) is 3.00. The van der Waals surface area contributed by atoms with E-state index in [1.165, 1.54) is 0 Å². The summed E-state index contributed by atoms with van der Waals surface area (Å²) in [7, 11) is 1.75. The van der Waals surface area contributed by atoms with Crippen molar-refractivity contribution in [3.63, 3.8) is 0 Å². The van der Waals surface area contributed by atoms with E-state index in [9.17, 15) is 0 Å². The van der Waals surface area contributed by atoms with Gasteiger partial charge in [-0.2, -0.15) is 0 Å². The fourth-order valence-electron chi connectivity index (χ4n) is 2.36. The van der Waals surface area contributed by atoms with Gasteiger partial charge in [0, 0.05) is 30.8 Å². The highest BCUT2D eigenvalue weighted by atomic mass is 32.2. The van der Waals surface area contributed by atoms with Crippen LogP contribution < -0.4 is 10.6 Å². The summed E-state index contributed by atoms with van der Waals surface area (Å²) >= 11 is 1.62. The molecule has 0 aliphatic carbocycles. The monoisotopic (exact) mass is 265 g/mol. The van der Waals surface area contributed by atoms with Gasteiger partial charge in [0.25, 0.3) is 0 Å². The number of rotatable bonds is 4. The van der Waals surface area contributed by atoms with Crippen LogP contribution >= 0.6 is 11.8 Å². The summed E-state index contributed by atoms with van der Waals surface area (Å²) in [5.41, 5.74) is 7.64. The SMILES string of the molecule is COC1CCN(c2cccc(SC)c2C(=N)N)C1. The summed E-state index contributed by atoms with van der Waals surface area (Å²) in [6.07, 6.45) is 3.31. The van der Waals surface area contributed by atoms with Crippen molar-refractivity contribution in [1.82, 2.24) is 0 Å². The summed E-state index contributed by atoms with van der Waals surface area (Å²) in [4.78, 5) is 3.31. The van der Waals surface area contributed by atoms with Gasteiger partial charge < -0.3 is 15.4 Å².